The summed E-state index contributed by atoms with van der Waals surface area (Å²) in [5.41, 5.74) is 1.37. The van der Waals surface area contributed by atoms with Gasteiger partial charge in [0.2, 0.25) is 0 Å². The molecule has 70 heavy (non-hydrogen) atoms. The molecule has 0 aromatic heterocycles. The van der Waals surface area contributed by atoms with Gasteiger partial charge in [-0.25, -0.2) is 18.0 Å². The lowest BCUT2D eigenvalue weighted by Gasteiger charge is -2.58. The fraction of sp³-hybridized carbons (Fsp3) is 0.784. The highest BCUT2D eigenvalue weighted by Gasteiger charge is 2.63. The molecule has 1 aromatic rings. The largest absolute Gasteiger partial charge is 0.497 e. The van der Waals surface area contributed by atoms with E-state index in [2.05, 4.69) is 32.2 Å². The number of amides is 1. The third kappa shape index (κ3) is 12.3. The number of aliphatic hydroxyl groups excluding tert-OH is 4. The van der Waals surface area contributed by atoms with Crippen molar-refractivity contribution >= 4 is 27.9 Å². The Balaban J connectivity index is 1.10. The monoisotopic (exact) mass is 1010 g/mol. The normalized spacial score (nSPS) is 38.1. The number of hydrogen-bond acceptors (Lipinski definition) is 17. The van der Waals surface area contributed by atoms with E-state index in [-0.39, 0.29) is 84.4 Å². The SMILES string of the molecule is COc1ccc(C(=O)O[C@H]2[C@H](O[C@@H]3[C@@H](OC(C)=O)[C@H](O[C@H]4C[C@H]5[C@@H]6CC=C7C[C@@H](O)CC[C@]7(C)[C@H]6CC[C@]5(C)[C@H]4[C@H](C)CCC[C@@H](C)COC(=O)NCCS(C)(=O)=O)OC[C@@H]3O)OC[C@@H](O)[C@@H]2O)cc1. The highest BCUT2D eigenvalue weighted by Crippen LogP contribution is 2.68. The number of aliphatic hydroxyl groups is 4. The fourth-order valence-corrected chi connectivity index (χ4v) is 13.6. The fourth-order valence-electron chi connectivity index (χ4n) is 13.1. The average Bonchev–Trinajstić information content (AvgIpc) is 3.61. The van der Waals surface area contributed by atoms with Crippen molar-refractivity contribution in [3.8, 4) is 5.75 Å². The second-order valence-electron chi connectivity index (χ2n) is 21.6. The third-order valence-electron chi connectivity index (χ3n) is 16.7. The smallest absolute Gasteiger partial charge is 0.407 e. The van der Waals surface area contributed by atoms with Gasteiger partial charge in [0.05, 0.1) is 50.5 Å². The number of alkyl carbamates (subject to hydrolysis) is 1. The van der Waals surface area contributed by atoms with Gasteiger partial charge in [-0.15, -0.1) is 0 Å². The average molecular weight is 1010 g/mol. The maximum Gasteiger partial charge on any atom is 0.407 e. The summed E-state index contributed by atoms with van der Waals surface area (Å²) >= 11 is 0. The van der Waals surface area contributed by atoms with Crippen molar-refractivity contribution in [1.29, 1.82) is 0 Å². The first-order valence-electron chi connectivity index (χ1n) is 25.2. The van der Waals surface area contributed by atoms with Crippen molar-refractivity contribution in [3.05, 3.63) is 41.5 Å². The van der Waals surface area contributed by atoms with Gasteiger partial charge in [0, 0.05) is 19.7 Å². The van der Waals surface area contributed by atoms with E-state index in [1.807, 2.05) is 6.92 Å². The summed E-state index contributed by atoms with van der Waals surface area (Å²) in [4.78, 5) is 38.5. The predicted molar refractivity (Wildman–Crippen MR) is 253 cm³/mol. The minimum absolute atomic E-state index is 0.00555. The molecule has 7 rings (SSSR count). The number of ether oxygens (including phenoxy) is 8. The van der Waals surface area contributed by atoms with Gasteiger partial charge >= 0.3 is 18.0 Å². The van der Waals surface area contributed by atoms with E-state index in [1.165, 1.54) is 31.7 Å². The number of sulfone groups is 1. The van der Waals surface area contributed by atoms with Crippen LogP contribution in [0.15, 0.2) is 35.9 Å². The zero-order valence-corrected chi connectivity index (χ0v) is 42.6. The van der Waals surface area contributed by atoms with Crippen LogP contribution >= 0.6 is 0 Å². The Hall–Kier alpha value is -3.40. The standard InChI is InChI=1S/C51H77NO17S/c1-28(25-65-49(59)52-21-22-70(7,60)61)9-8-10-29(2)41-40(24-37-35-16-13-32-23-33(54)17-19-50(32,4)36(35)18-20-51(37,41)5)67-48-45(66-30(3)53)43(39(56)27-64-48)69-47-44(42(57)38(55)26-63-47)68-46(58)31-11-14-34(62-6)15-12-31/h11-15,28-29,33,35-45,47-48,54-57H,8-10,16-27H2,1-7H3,(H,52,59)/t28-,29-,33+,35-,36+,37+,38-,39+,40+,41+,42+,43+,44-,45-,47+,48+,50+,51+/m1/s1. The molecule has 18 atom stereocenters. The first-order valence-corrected chi connectivity index (χ1v) is 27.2. The van der Waals surface area contributed by atoms with E-state index in [9.17, 15) is 43.2 Å². The van der Waals surface area contributed by atoms with Crippen LogP contribution in [0.2, 0.25) is 0 Å². The van der Waals surface area contributed by atoms with E-state index in [0.717, 1.165) is 57.6 Å². The zero-order chi connectivity index (χ0) is 50.7. The Morgan fingerprint density at radius 1 is 0.886 bits per heavy atom. The molecule has 5 N–H and O–H groups in total. The molecule has 1 aromatic carbocycles. The van der Waals surface area contributed by atoms with Gasteiger partial charge < -0.3 is 63.6 Å². The van der Waals surface area contributed by atoms with E-state index in [1.54, 1.807) is 12.1 Å². The summed E-state index contributed by atoms with van der Waals surface area (Å²) in [6, 6.07) is 6.10. The summed E-state index contributed by atoms with van der Waals surface area (Å²) in [5, 5.41) is 46.4. The maximum atomic E-state index is 13.4. The van der Waals surface area contributed by atoms with Gasteiger partial charge in [-0.3, -0.25) is 4.79 Å². The van der Waals surface area contributed by atoms with Gasteiger partial charge in [-0.05, 0) is 122 Å². The van der Waals surface area contributed by atoms with Crippen LogP contribution in [0, 0.1) is 46.3 Å². The molecular weight excluding hydrogens is 931 g/mol. The number of esters is 2. The number of hydrogen-bond donors (Lipinski definition) is 5. The van der Waals surface area contributed by atoms with Crippen LogP contribution in [0.3, 0.4) is 0 Å². The molecule has 394 valence electrons. The van der Waals surface area contributed by atoms with Gasteiger partial charge in [-0.1, -0.05) is 52.2 Å². The van der Waals surface area contributed by atoms with Crippen molar-refractivity contribution in [2.45, 2.75) is 160 Å². The van der Waals surface area contributed by atoms with Gasteiger partial charge in [0.1, 0.15) is 40.0 Å². The minimum atomic E-state index is -3.22. The molecule has 1 amide bonds. The zero-order valence-electron chi connectivity index (χ0n) is 41.7. The molecule has 2 heterocycles. The molecule has 6 aliphatic rings. The summed E-state index contributed by atoms with van der Waals surface area (Å²) in [6.07, 6.45) is -0.646. The predicted octanol–water partition coefficient (Wildman–Crippen LogP) is 4.48. The molecular formula is C51H77NO17S. The summed E-state index contributed by atoms with van der Waals surface area (Å²) in [6.45, 7) is 9.81. The Morgan fingerprint density at radius 3 is 2.27 bits per heavy atom. The van der Waals surface area contributed by atoms with Crippen molar-refractivity contribution in [1.82, 2.24) is 5.32 Å². The van der Waals surface area contributed by atoms with Crippen LogP contribution in [-0.2, 0) is 47.8 Å². The molecule has 19 heteroatoms. The lowest BCUT2D eigenvalue weighted by molar-refractivity contribution is -0.340. The van der Waals surface area contributed by atoms with Crippen molar-refractivity contribution in [2.24, 2.45) is 46.3 Å². The number of carbonyl (C=O) groups excluding carboxylic acids is 3. The maximum absolute atomic E-state index is 13.4. The minimum Gasteiger partial charge on any atom is -0.497 e. The highest BCUT2D eigenvalue weighted by atomic mass is 32.2. The molecule has 0 bridgehead atoms. The summed E-state index contributed by atoms with van der Waals surface area (Å²) < 4.78 is 70.7. The Labute approximate surface area is 412 Å². The Kier molecular flexibility index (Phi) is 17.7. The van der Waals surface area contributed by atoms with E-state index < -0.39 is 77.1 Å². The second-order valence-corrected chi connectivity index (χ2v) is 23.9. The summed E-state index contributed by atoms with van der Waals surface area (Å²) in [7, 11) is -1.73. The van der Waals surface area contributed by atoms with E-state index in [4.69, 9.17) is 37.9 Å². The van der Waals surface area contributed by atoms with Crippen LogP contribution in [-0.4, -0.2) is 154 Å². The van der Waals surface area contributed by atoms with Crippen molar-refractivity contribution in [2.75, 3.05) is 45.5 Å². The van der Waals surface area contributed by atoms with Crippen molar-refractivity contribution in [3.63, 3.8) is 0 Å². The van der Waals surface area contributed by atoms with Crippen LogP contribution in [0.25, 0.3) is 0 Å². The molecule has 0 spiro atoms. The number of benzene rings is 1. The topological polar surface area (TPSA) is 252 Å². The third-order valence-corrected chi connectivity index (χ3v) is 17.6. The van der Waals surface area contributed by atoms with Crippen molar-refractivity contribution < 1.29 is 81.1 Å². The molecule has 0 unspecified atom stereocenters. The molecule has 18 nitrogen and oxygen atoms in total. The van der Waals surface area contributed by atoms with E-state index in [0.29, 0.717) is 30.4 Å². The highest BCUT2D eigenvalue weighted by molar-refractivity contribution is 7.90. The number of nitrogens with one attached hydrogen (secondary N) is 1. The molecule has 0 radical (unpaired) electrons. The molecule has 4 aliphatic carbocycles. The molecule has 2 aliphatic heterocycles. The number of methoxy groups -OCH3 is 1. The Morgan fingerprint density at radius 2 is 1.59 bits per heavy atom. The number of fused-ring (bicyclic) bond motifs is 5. The molecule has 3 saturated carbocycles. The first kappa shape index (κ1) is 54.4. The van der Waals surface area contributed by atoms with Crippen LogP contribution in [0.1, 0.15) is 109 Å². The van der Waals surface area contributed by atoms with Gasteiger partial charge in [0.25, 0.3) is 0 Å². The quantitative estimate of drug-likeness (QED) is 0.0772. The summed E-state index contributed by atoms with van der Waals surface area (Å²) in [5.74, 6) is 0.142. The second kappa shape index (κ2) is 22.8. The van der Waals surface area contributed by atoms with E-state index >= 15 is 0 Å². The lowest BCUT2D eigenvalue weighted by atomic mass is 9.47. The Bertz CT molecular complexity index is 2110. The van der Waals surface area contributed by atoms with Gasteiger partial charge in [-0.2, -0.15) is 0 Å². The lowest BCUT2D eigenvalue weighted by Crippen LogP contribution is -2.62. The number of carbonyl (C=O) groups is 3. The first-order chi connectivity index (χ1) is 33.1. The molecule has 5 fully saturated rings. The molecule has 2 saturated heterocycles. The number of allylic oxidation sites excluding steroid dienone is 1. The van der Waals surface area contributed by atoms with Crippen LogP contribution in [0.5, 0.6) is 5.75 Å². The number of rotatable bonds is 18. The van der Waals surface area contributed by atoms with Gasteiger partial charge in [0.15, 0.2) is 24.8 Å². The van der Waals surface area contributed by atoms with Crippen LogP contribution < -0.4 is 10.1 Å². The van der Waals surface area contributed by atoms with Crippen LogP contribution in [0.4, 0.5) is 4.79 Å².